The molecule has 7 nitrogen and oxygen atoms in total. The third-order valence-electron chi connectivity index (χ3n) is 4.38. The first-order valence-electron chi connectivity index (χ1n) is 8.70. The molecule has 0 saturated heterocycles. The normalized spacial score (nSPS) is 11.5. The smallest absolute Gasteiger partial charge is 0.343 e. The van der Waals surface area contributed by atoms with Crippen molar-refractivity contribution in [2.45, 2.75) is 4.90 Å². The number of nitrogens with zero attached hydrogens (tertiary/aromatic N) is 1. The first-order chi connectivity index (χ1) is 14.1. The van der Waals surface area contributed by atoms with Gasteiger partial charge in [0.05, 0.1) is 12.7 Å². The van der Waals surface area contributed by atoms with Gasteiger partial charge in [-0.15, -0.1) is 0 Å². The number of ether oxygens (including phenoxy) is 2. The quantitative estimate of drug-likeness (QED) is 0.455. The molecular weight excluding hydrogens is 413 g/mol. The number of benzene rings is 3. The molecule has 0 spiro atoms. The molecule has 9 heteroatoms. The van der Waals surface area contributed by atoms with E-state index in [1.807, 2.05) is 0 Å². The highest BCUT2D eigenvalue weighted by molar-refractivity contribution is 7.89. The Morgan fingerprint density at radius 2 is 1.57 bits per heavy atom. The van der Waals surface area contributed by atoms with Crippen LogP contribution in [-0.2, 0) is 14.8 Å². The minimum atomic E-state index is -4.11. The minimum absolute atomic E-state index is 0.0211. The van der Waals surface area contributed by atoms with Crippen LogP contribution in [0.15, 0.2) is 59.5 Å². The summed E-state index contributed by atoms with van der Waals surface area (Å²) in [4.78, 5) is 24.2. The molecule has 0 amide bonds. The van der Waals surface area contributed by atoms with Crippen molar-refractivity contribution in [2.24, 2.45) is 0 Å². The van der Waals surface area contributed by atoms with Gasteiger partial charge in [-0.2, -0.15) is 0 Å². The Balaban J connectivity index is 2.04. The van der Waals surface area contributed by atoms with E-state index in [1.165, 1.54) is 33.3 Å². The van der Waals surface area contributed by atoms with Gasteiger partial charge < -0.3 is 9.47 Å². The van der Waals surface area contributed by atoms with Crippen LogP contribution in [-0.4, -0.2) is 45.9 Å². The summed E-state index contributed by atoms with van der Waals surface area (Å²) in [6, 6.07) is 13.0. The Labute approximate surface area is 172 Å². The summed E-state index contributed by atoms with van der Waals surface area (Å²) >= 11 is 0. The predicted molar refractivity (Wildman–Crippen MR) is 108 cm³/mol. The van der Waals surface area contributed by atoms with Gasteiger partial charge in [-0.05, 0) is 41.1 Å². The van der Waals surface area contributed by atoms with Gasteiger partial charge in [0.25, 0.3) is 0 Å². The van der Waals surface area contributed by atoms with E-state index in [1.54, 1.807) is 24.3 Å². The molecule has 3 aromatic carbocycles. The lowest BCUT2D eigenvalue weighted by molar-refractivity contribution is 0.0593. The number of rotatable bonds is 5. The van der Waals surface area contributed by atoms with Crippen molar-refractivity contribution in [1.29, 1.82) is 0 Å². The second-order valence-corrected chi connectivity index (χ2v) is 8.63. The zero-order chi connectivity index (χ0) is 22.1. The number of hydrogen-bond acceptors (Lipinski definition) is 6. The van der Waals surface area contributed by atoms with Gasteiger partial charge in [-0.3, -0.25) is 0 Å². The van der Waals surface area contributed by atoms with Crippen molar-refractivity contribution in [1.82, 2.24) is 4.31 Å². The molecule has 0 aliphatic carbocycles. The Kier molecular flexibility index (Phi) is 5.86. The average molecular weight is 431 g/mol. The fourth-order valence-corrected chi connectivity index (χ4v) is 3.74. The first-order valence-corrected chi connectivity index (χ1v) is 10.1. The number of methoxy groups -OCH3 is 1. The fourth-order valence-electron chi connectivity index (χ4n) is 2.76. The number of sulfonamides is 1. The maximum Gasteiger partial charge on any atom is 0.343 e. The van der Waals surface area contributed by atoms with Gasteiger partial charge in [0.2, 0.25) is 10.0 Å². The van der Waals surface area contributed by atoms with Crippen LogP contribution in [0, 0.1) is 5.82 Å². The third-order valence-corrected chi connectivity index (χ3v) is 6.21. The summed E-state index contributed by atoms with van der Waals surface area (Å²) in [6.07, 6.45) is 0. The summed E-state index contributed by atoms with van der Waals surface area (Å²) in [6.45, 7) is 0. The van der Waals surface area contributed by atoms with Crippen molar-refractivity contribution in [3.05, 3.63) is 71.5 Å². The Hall–Kier alpha value is -3.30. The topological polar surface area (TPSA) is 90.0 Å². The Bertz CT molecular complexity index is 1250. The third kappa shape index (κ3) is 4.03. The number of esters is 2. The van der Waals surface area contributed by atoms with E-state index in [2.05, 4.69) is 0 Å². The zero-order valence-electron chi connectivity index (χ0n) is 16.4. The monoisotopic (exact) mass is 431 g/mol. The average Bonchev–Trinajstić information content (AvgIpc) is 2.72. The van der Waals surface area contributed by atoms with Crippen molar-refractivity contribution < 1.29 is 31.9 Å². The molecule has 3 rings (SSSR count). The Morgan fingerprint density at radius 3 is 2.17 bits per heavy atom. The molecule has 0 N–H and O–H groups in total. The van der Waals surface area contributed by atoms with Gasteiger partial charge in [-0.25, -0.2) is 26.7 Å². The minimum Gasteiger partial charge on any atom is -0.465 e. The van der Waals surface area contributed by atoms with Gasteiger partial charge in [0, 0.05) is 14.1 Å². The number of carbonyl (C=O) groups excluding carboxylic acids is 2. The number of carbonyl (C=O) groups is 2. The molecule has 0 fully saturated rings. The van der Waals surface area contributed by atoms with Crippen molar-refractivity contribution in [2.75, 3.05) is 21.2 Å². The van der Waals surface area contributed by atoms with Crippen LogP contribution in [0.1, 0.15) is 20.7 Å². The van der Waals surface area contributed by atoms with Crippen molar-refractivity contribution in [3.63, 3.8) is 0 Å². The largest absolute Gasteiger partial charge is 0.465 e. The van der Waals surface area contributed by atoms with Crippen molar-refractivity contribution in [3.8, 4) is 5.75 Å². The molecule has 0 aliphatic heterocycles. The maximum absolute atomic E-state index is 14.1. The van der Waals surface area contributed by atoms with Crippen LogP contribution < -0.4 is 4.74 Å². The van der Waals surface area contributed by atoms with Gasteiger partial charge in [0.15, 0.2) is 0 Å². The molecule has 3 aromatic rings. The molecule has 0 heterocycles. The summed E-state index contributed by atoms with van der Waals surface area (Å²) in [7, 11) is -0.423. The molecular formula is C21H18FNO6S. The van der Waals surface area contributed by atoms with E-state index < -0.39 is 32.7 Å². The summed E-state index contributed by atoms with van der Waals surface area (Å²) in [5, 5.41) is 1.45. The number of hydrogen-bond donors (Lipinski definition) is 0. The molecule has 0 saturated carbocycles. The van der Waals surface area contributed by atoms with E-state index in [9.17, 15) is 22.4 Å². The first kappa shape index (κ1) is 21.4. The van der Waals surface area contributed by atoms with Crippen LogP contribution in [0.5, 0.6) is 5.75 Å². The lowest BCUT2D eigenvalue weighted by Crippen LogP contribution is -2.24. The van der Waals surface area contributed by atoms with Crippen LogP contribution in [0.25, 0.3) is 10.8 Å². The highest BCUT2D eigenvalue weighted by atomic mass is 32.2. The number of halogens is 1. The van der Waals surface area contributed by atoms with Crippen LogP contribution >= 0.6 is 0 Å². The molecule has 0 unspecified atom stereocenters. The van der Waals surface area contributed by atoms with Gasteiger partial charge >= 0.3 is 11.9 Å². The molecule has 0 aliphatic rings. The molecule has 0 aromatic heterocycles. The molecule has 156 valence electrons. The van der Waals surface area contributed by atoms with E-state index in [0.29, 0.717) is 5.39 Å². The predicted octanol–water partition coefficient (Wildman–Crippen LogP) is 3.24. The lowest BCUT2D eigenvalue weighted by atomic mass is 10.1. The highest BCUT2D eigenvalue weighted by Crippen LogP contribution is 2.28. The highest BCUT2D eigenvalue weighted by Gasteiger charge is 2.25. The summed E-state index contributed by atoms with van der Waals surface area (Å²) in [5.74, 6) is -2.72. The van der Waals surface area contributed by atoms with E-state index in [0.717, 1.165) is 27.9 Å². The number of fused-ring (bicyclic) bond motifs is 1. The van der Waals surface area contributed by atoms with Crippen LogP contribution in [0.3, 0.4) is 0 Å². The summed E-state index contributed by atoms with van der Waals surface area (Å²) < 4.78 is 49.6. The van der Waals surface area contributed by atoms with Crippen LogP contribution in [0.4, 0.5) is 4.39 Å². The SMILES string of the molecule is COC(=O)c1cc2ccccc2cc1OC(=O)c1ccc(F)c(S(=O)(=O)N(C)C)c1. The summed E-state index contributed by atoms with van der Waals surface area (Å²) in [5.41, 5.74) is -0.173. The standard InChI is InChI=1S/C21H18FNO6S/c1-23(2)30(26,27)19-12-15(8-9-17(19)22)20(24)29-18-11-14-7-5-4-6-13(14)10-16(18)21(25)28-3/h4-12H,1-3H3. The zero-order valence-corrected chi connectivity index (χ0v) is 17.2. The molecule has 0 bridgehead atoms. The van der Waals surface area contributed by atoms with Crippen LogP contribution in [0.2, 0.25) is 0 Å². The van der Waals surface area contributed by atoms with Gasteiger partial charge in [0.1, 0.15) is 22.0 Å². The van der Waals surface area contributed by atoms with E-state index in [-0.39, 0.29) is 16.9 Å². The molecule has 30 heavy (non-hydrogen) atoms. The second kappa shape index (κ2) is 8.21. The van der Waals surface area contributed by atoms with E-state index >= 15 is 0 Å². The van der Waals surface area contributed by atoms with Gasteiger partial charge in [-0.1, -0.05) is 24.3 Å². The lowest BCUT2D eigenvalue weighted by Gasteiger charge is -2.14. The Morgan fingerprint density at radius 1 is 0.933 bits per heavy atom. The fraction of sp³-hybridized carbons (Fsp3) is 0.143. The second-order valence-electron chi connectivity index (χ2n) is 6.51. The van der Waals surface area contributed by atoms with Crippen molar-refractivity contribution >= 4 is 32.7 Å². The maximum atomic E-state index is 14.1. The molecule has 0 radical (unpaired) electrons. The molecule has 0 atom stereocenters. The van der Waals surface area contributed by atoms with E-state index in [4.69, 9.17) is 9.47 Å².